The zero-order chi connectivity index (χ0) is 15.5. The molecule has 0 bridgehead atoms. The molecule has 124 valence electrons. The number of nitrogens with zero attached hydrogens (tertiary/aromatic N) is 2. The standard InChI is InChI=1S/C15H31N3O2S/c1-15(2)8-6-10-17(12-9-15)21(19,20)18-11-5-4-7-14(18)13-16-3/h14,16H,4-13H2,1-3H3. The second kappa shape index (κ2) is 6.94. The van der Waals surface area contributed by atoms with E-state index in [0.29, 0.717) is 19.6 Å². The lowest BCUT2D eigenvalue weighted by molar-refractivity contribution is 0.227. The van der Waals surface area contributed by atoms with Gasteiger partial charge in [-0.15, -0.1) is 0 Å². The van der Waals surface area contributed by atoms with Gasteiger partial charge in [0, 0.05) is 32.2 Å². The van der Waals surface area contributed by atoms with Gasteiger partial charge < -0.3 is 5.32 Å². The predicted molar refractivity (Wildman–Crippen MR) is 86.4 cm³/mol. The zero-order valence-corrected chi connectivity index (χ0v) is 14.6. The number of rotatable bonds is 4. The van der Waals surface area contributed by atoms with Crippen LogP contribution in [0, 0.1) is 5.41 Å². The highest BCUT2D eigenvalue weighted by molar-refractivity contribution is 7.86. The molecule has 2 aliphatic heterocycles. The normalized spacial score (nSPS) is 29.2. The Labute approximate surface area is 130 Å². The third-order valence-electron chi connectivity index (χ3n) is 4.93. The van der Waals surface area contributed by atoms with Crippen molar-refractivity contribution in [2.75, 3.05) is 33.2 Å². The number of hydrogen-bond acceptors (Lipinski definition) is 3. The molecule has 0 aromatic heterocycles. The third-order valence-corrected chi connectivity index (χ3v) is 7.03. The van der Waals surface area contributed by atoms with Crippen molar-refractivity contribution in [3.05, 3.63) is 0 Å². The summed E-state index contributed by atoms with van der Waals surface area (Å²) in [7, 11) is -1.41. The Morgan fingerprint density at radius 1 is 1.10 bits per heavy atom. The van der Waals surface area contributed by atoms with Crippen LogP contribution in [0.25, 0.3) is 0 Å². The lowest BCUT2D eigenvalue weighted by Gasteiger charge is -2.37. The fourth-order valence-electron chi connectivity index (χ4n) is 3.49. The molecule has 0 aromatic carbocycles. The van der Waals surface area contributed by atoms with Crippen LogP contribution in [-0.4, -0.2) is 56.3 Å². The minimum absolute atomic E-state index is 0.116. The molecule has 0 aromatic rings. The molecular weight excluding hydrogens is 286 g/mol. The van der Waals surface area contributed by atoms with Gasteiger partial charge in [0.2, 0.25) is 0 Å². The summed E-state index contributed by atoms with van der Waals surface area (Å²) in [4.78, 5) is 0. The van der Waals surface area contributed by atoms with Gasteiger partial charge in [-0.3, -0.25) is 0 Å². The Balaban J connectivity index is 2.12. The van der Waals surface area contributed by atoms with Crippen molar-refractivity contribution in [1.29, 1.82) is 0 Å². The van der Waals surface area contributed by atoms with Crippen molar-refractivity contribution >= 4 is 10.2 Å². The zero-order valence-electron chi connectivity index (χ0n) is 13.8. The van der Waals surface area contributed by atoms with E-state index in [1.54, 1.807) is 8.61 Å². The summed E-state index contributed by atoms with van der Waals surface area (Å²) in [6, 6.07) is 0.116. The van der Waals surface area contributed by atoms with Gasteiger partial charge >= 0.3 is 0 Å². The van der Waals surface area contributed by atoms with E-state index in [1.165, 1.54) is 0 Å². The average molecular weight is 317 g/mol. The number of piperidine rings is 1. The van der Waals surface area contributed by atoms with Crippen molar-refractivity contribution < 1.29 is 8.42 Å². The van der Waals surface area contributed by atoms with Gasteiger partial charge in [0.05, 0.1) is 0 Å². The molecule has 2 heterocycles. The lowest BCUT2D eigenvalue weighted by atomic mass is 9.85. The molecule has 2 fully saturated rings. The minimum atomic E-state index is -3.30. The maximum absolute atomic E-state index is 13.0. The van der Waals surface area contributed by atoms with Gasteiger partial charge in [-0.05, 0) is 44.6 Å². The Kier molecular flexibility index (Phi) is 5.68. The van der Waals surface area contributed by atoms with Crippen molar-refractivity contribution in [3.63, 3.8) is 0 Å². The molecule has 1 N–H and O–H groups in total. The van der Waals surface area contributed by atoms with Gasteiger partial charge in [-0.2, -0.15) is 17.0 Å². The van der Waals surface area contributed by atoms with E-state index in [9.17, 15) is 8.42 Å². The van der Waals surface area contributed by atoms with Crippen LogP contribution in [-0.2, 0) is 10.2 Å². The summed E-state index contributed by atoms with van der Waals surface area (Å²) < 4.78 is 29.5. The van der Waals surface area contributed by atoms with Gasteiger partial charge in [0.1, 0.15) is 0 Å². The molecule has 2 aliphatic rings. The van der Waals surface area contributed by atoms with E-state index in [1.807, 2.05) is 7.05 Å². The molecule has 0 radical (unpaired) electrons. The Bertz CT molecular complexity index is 434. The van der Waals surface area contributed by atoms with Crippen LogP contribution >= 0.6 is 0 Å². The van der Waals surface area contributed by atoms with Crippen molar-refractivity contribution in [2.45, 2.75) is 58.4 Å². The highest BCUT2D eigenvalue weighted by Gasteiger charge is 2.37. The summed E-state index contributed by atoms with van der Waals surface area (Å²) in [5, 5.41) is 3.14. The summed E-state index contributed by atoms with van der Waals surface area (Å²) >= 11 is 0. The molecule has 6 heteroatoms. The van der Waals surface area contributed by atoms with Crippen LogP contribution in [0.4, 0.5) is 0 Å². The maximum atomic E-state index is 13.0. The monoisotopic (exact) mass is 317 g/mol. The average Bonchev–Trinajstić information content (AvgIpc) is 2.61. The number of hydrogen-bond donors (Lipinski definition) is 1. The van der Waals surface area contributed by atoms with Crippen molar-refractivity contribution in [3.8, 4) is 0 Å². The third kappa shape index (κ3) is 4.18. The molecular formula is C15H31N3O2S. The van der Waals surface area contributed by atoms with E-state index < -0.39 is 10.2 Å². The Hall–Kier alpha value is -0.170. The van der Waals surface area contributed by atoms with Crippen molar-refractivity contribution in [1.82, 2.24) is 13.9 Å². The SMILES string of the molecule is CNCC1CCCCN1S(=O)(=O)N1CCCC(C)(C)CC1. The quantitative estimate of drug-likeness (QED) is 0.860. The molecule has 21 heavy (non-hydrogen) atoms. The minimum Gasteiger partial charge on any atom is -0.318 e. The molecule has 5 nitrogen and oxygen atoms in total. The van der Waals surface area contributed by atoms with Crippen LogP contribution < -0.4 is 5.32 Å². The number of nitrogens with one attached hydrogen (secondary N) is 1. The Morgan fingerprint density at radius 2 is 1.86 bits per heavy atom. The Morgan fingerprint density at radius 3 is 2.57 bits per heavy atom. The highest BCUT2D eigenvalue weighted by atomic mass is 32.2. The summed E-state index contributed by atoms with van der Waals surface area (Å²) in [5.74, 6) is 0. The predicted octanol–water partition coefficient (Wildman–Crippen LogP) is 1.82. The smallest absolute Gasteiger partial charge is 0.282 e. The van der Waals surface area contributed by atoms with Gasteiger partial charge in [0.15, 0.2) is 0 Å². The second-order valence-electron chi connectivity index (χ2n) is 7.24. The van der Waals surface area contributed by atoms with E-state index in [-0.39, 0.29) is 11.5 Å². The van der Waals surface area contributed by atoms with Gasteiger partial charge in [-0.25, -0.2) is 0 Å². The molecule has 2 rings (SSSR count). The van der Waals surface area contributed by atoms with E-state index in [0.717, 1.165) is 45.1 Å². The molecule has 0 saturated carbocycles. The lowest BCUT2D eigenvalue weighted by Crippen LogP contribution is -2.53. The molecule has 0 spiro atoms. The summed E-state index contributed by atoms with van der Waals surface area (Å²) in [6.07, 6.45) is 6.12. The van der Waals surface area contributed by atoms with Crippen LogP contribution in [0.2, 0.25) is 0 Å². The van der Waals surface area contributed by atoms with Crippen LogP contribution in [0.3, 0.4) is 0 Å². The van der Waals surface area contributed by atoms with Gasteiger partial charge in [-0.1, -0.05) is 20.3 Å². The largest absolute Gasteiger partial charge is 0.318 e. The summed E-state index contributed by atoms with van der Waals surface area (Å²) in [5.41, 5.74) is 0.260. The highest BCUT2D eigenvalue weighted by Crippen LogP contribution is 2.32. The summed E-state index contributed by atoms with van der Waals surface area (Å²) in [6.45, 7) is 7.25. The fourth-order valence-corrected chi connectivity index (χ4v) is 5.39. The molecule has 0 amide bonds. The first-order valence-corrected chi connectivity index (χ1v) is 9.68. The molecule has 2 saturated heterocycles. The molecule has 0 aliphatic carbocycles. The molecule has 1 unspecified atom stereocenters. The number of likely N-dealkylation sites (N-methyl/N-ethyl adjacent to an activating group) is 1. The first-order valence-electron chi connectivity index (χ1n) is 8.28. The first kappa shape index (κ1) is 17.2. The van der Waals surface area contributed by atoms with Crippen LogP contribution in [0.1, 0.15) is 52.4 Å². The van der Waals surface area contributed by atoms with E-state index >= 15 is 0 Å². The maximum Gasteiger partial charge on any atom is 0.282 e. The topological polar surface area (TPSA) is 52.7 Å². The van der Waals surface area contributed by atoms with Crippen LogP contribution in [0.5, 0.6) is 0 Å². The fraction of sp³-hybridized carbons (Fsp3) is 1.00. The first-order chi connectivity index (χ1) is 9.87. The van der Waals surface area contributed by atoms with Crippen LogP contribution in [0.15, 0.2) is 0 Å². The van der Waals surface area contributed by atoms with E-state index in [2.05, 4.69) is 19.2 Å². The van der Waals surface area contributed by atoms with Gasteiger partial charge in [0.25, 0.3) is 10.2 Å². The van der Waals surface area contributed by atoms with E-state index in [4.69, 9.17) is 0 Å². The molecule has 1 atom stereocenters. The van der Waals surface area contributed by atoms with Crippen molar-refractivity contribution in [2.24, 2.45) is 5.41 Å². The second-order valence-corrected chi connectivity index (χ2v) is 9.12.